The van der Waals surface area contributed by atoms with E-state index in [0.717, 1.165) is 23.7 Å². The summed E-state index contributed by atoms with van der Waals surface area (Å²) in [6, 6.07) is 0. The molecular weight excluding hydrogens is 144 g/mol. The first-order valence-electron chi connectivity index (χ1n) is 5.65. The van der Waals surface area contributed by atoms with E-state index in [0.29, 0.717) is 0 Å². The lowest BCUT2D eigenvalue weighted by Crippen LogP contribution is -2.34. The molecule has 0 aromatic heterocycles. The van der Waals surface area contributed by atoms with Gasteiger partial charge in [-0.05, 0) is 36.5 Å². The van der Waals surface area contributed by atoms with Crippen LogP contribution in [0.3, 0.4) is 0 Å². The van der Waals surface area contributed by atoms with Gasteiger partial charge in [0.1, 0.15) is 0 Å². The summed E-state index contributed by atoms with van der Waals surface area (Å²) in [5.41, 5.74) is 0. The summed E-state index contributed by atoms with van der Waals surface area (Å²) in [7, 11) is 0. The maximum Gasteiger partial charge on any atom is -0.0362 e. The third kappa shape index (κ3) is 2.24. The van der Waals surface area contributed by atoms with Crippen LogP contribution in [0.2, 0.25) is 0 Å². The van der Waals surface area contributed by atoms with Crippen molar-refractivity contribution in [3.63, 3.8) is 0 Å². The number of hydrogen-bond donors (Lipinski definition) is 0. The van der Waals surface area contributed by atoms with Gasteiger partial charge in [-0.15, -0.1) is 0 Å². The zero-order valence-corrected chi connectivity index (χ0v) is 9.14. The minimum Gasteiger partial charge on any atom is -0.0651 e. The molecular formula is C12H24. The molecule has 0 aliphatic heterocycles. The van der Waals surface area contributed by atoms with E-state index in [1.165, 1.54) is 25.7 Å². The van der Waals surface area contributed by atoms with Crippen molar-refractivity contribution in [1.82, 2.24) is 0 Å². The zero-order valence-electron chi connectivity index (χ0n) is 9.14. The largest absolute Gasteiger partial charge is 0.0651 e. The van der Waals surface area contributed by atoms with Crippen LogP contribution in [0.4, 0.5) is 0 Å². The summed E-state index contributed by atoms with van der Waals surface area (Å²) >= 11 is 0. The molecule has 0 saturated heterocycles. The van der Waals surface area contributed by atoms with Gasteiger partial charge < -0.3 is 0 Å². The van der Waals surface area contributed by atoms with E-state index in [2.05, 4.69) is 27.7 Å². The van der Waals surface area contributed by atoms with Crippen LogP contribution in [0, 0.1) is 23.7 Å². The molecule has 0 N–H and O–H groups in total. The van der Waals surface area contributed by atoms with Crippen molar-refractivity contribution < 1.29 is 0 Å². The van der Waals surface area contributed by atoms with Crippen LogP contribution in [0.25, 0.3) is 0 Å². The summed E-state index contributed by atoms with van der Waals surface area (Å²) in [6.07, 6.45) is 5.84. The molecule has 0 spiro atoms. The van der Waals surface area contributed by atoms with Crippen LogP contribution in [0.1, 0.15) is 53.4 Å². The van der Waals surface area contributed by atoms with Gasteiger partial charge in [0.15, 0.2) is 0 Å². The highest BCUT2D eigenvalue weighted by Gasteiger charge is 2.35. The lowest BCUT2D eigenvalue weighted by Gasteiger charge is -2.43. The van der Waals surface area contributed by atoms with E-state index in [9.17, 15) is 0 Å². The van der Waals surface area contributed by atoms with Gasteiger partial charge in [-0.1, -0.05) is 40.5 Å². The summed E-state index contributed by atoms with van der Waals surface area (Å²) in [5, 5.41) is 0. The highest BCUT2D eigenvalue weighted by molar-refractivity contribution is 4.85. The van der Waals surface area contributed by atoms with Gasteiger partial charge in [0.2, 0.25) is 0 Å². The van der Waals surface area contributed by atoms with Gasteiger partial charge in [0.05, 0.1) is 0 Å². The smallest absolute Gasteiger partial charge is 0.0362 e. The predicted molar refractivity (Wildman–Crippen MR) is 55.1 cm³/mol. The van der Waals surface area contributed by atoms with Gasteiger partial charge >= 0.3 is 0 Å². The van der Waals surface area contributed by atoms with Crippen LogP contribution < -0.4 is 0 Å². The molecule has 0 aromatic carbocycles. The van der Waals surface area contributed by atoms with Crippen LogP contribution in [0.5, 0.6) is 0 Å². The van der Waals surface area contributed by atoms with Gasteiger partial charge in [0.25, 0.3) is 0 Å². The summed E-state index contributed by atoms with van der Waals surface area (Å²) in [5.74, 6) is 4.06. The van der Waals surface area contributed by atoms with Crippen LogP contribution >= 0.6 is 0 Å². The third-order valence-electron chi connectivity index (χ3n) is 3.60. The minimum absolute atomic E-state index is 0.901. The minimum atomic E-state index is 0.901. The fourth-order valence-corrected chi connectivity index (χ4v) is 2.71. The van der Waals surface area contributed by atoms with Gasteiger partial charge in [-0.25, -0.2) is 0 Å². The topological polar surface area (TPSA) is 0 Å². The van der Waals surface area contributed by atoms with Crippen molar-refractivity contribution in [3.8, 4) is 0 Å². The Morgan fingerprint density at radius 3 is 2.42 bits per heavy atom. The average molecular weight is 168 g/mol. The summed E-state index contributed by atoms with van der Waals surface area (Å²) in [4.78, 5) is 0. The first-order valence-corrected chi connectivity index (χ1v) is 5.65. The lowest BCUT2D eigenvalue weighted by molar-refractivity contribution is 0.0697. The van der Waals surface area contributed by atoms with Crippen molar-refractivity contribution in [3.05, 3.63) is 0 Å². The SMILES string of the molecule is CCC1C(C)CC1CCC(C)C. The van der Waals surface area contributed by atoms with Crippen molar-refractivity contribution in [2.24, 2.45) is 23.7 Å². The molecule has 0 bridgehead atoms. The Bertz CT molecular complexity index is 126. The Kier molecular flexibility index (Phi) is 3.61. The lowest BCUT2D eigenvalue weighted by atomic mass is 9.62. The van der Waals surface area contributed by atoms with E-state index in [4.69, 9.17) is 0 Å². The Morgan fingerprint density at radius 2 is 2.00 bits per heavy atom. The maximum atomic E-state index is 2.42. The Morgan fingerprint density at radius 1 is 1.33 bits per heavy atom. The van der Waals surface area contributed by atoms with Crippen molar-refractivity contribution in [2.75, 3.05) is 0 Å². The average Bonchev–Trinajstić information content (AvgIpc) is 1.97. The molecule has 0 amide bonds. The molecule has 1 saturated carbocycles. The monoisotopic (exact) mass is 168 g/mol. The quantitative estimate of drug-likeness (QED) is 0.592. The predicted octanol–water partition coefficient (Wildman–Crippen LogP) is 4.10. The fraction of sp³-hybridized carbons (Fsp3) is 1.00. The molecule has 72 valence electrons. The zero-order chi connectivity index (χ0) is 9.14. The van der Waals surface area contributed by atoms with Crippen molar-refractivity contribution in [2.45, 2.75) is 53.4 Å². The van der Waals surface area contributed by atoms with Crippen molar-refractivity contribution >= 4 is 0 Å². The van der Waals surface area contributed by atoms with E-state index in [1.54, 1.807) is 0 Å². The van der Waals surface area contributed by atoms with Gasteiger partial charge in [-0.2, -0.15) is 0 Å². The summed E-state index contributed by atoms with van der Waals surface area (Å²) in [6.45, 7) is 9.44. The number of hydrogen-bond acceptors (Lipinski definition) is 0. The Balaban J connectivity index is 2.17. The maximum absolute atomic E-state index is 2.42. The Hall–Kier alpha value is 0. The molecule has 1 aliphatic carbocycles. The molecule has 1 rings (SSSR count). The molecule has 0 aromatic rings. The summed E-state index contributed by atoms with van der Waals surface area (Å²) < 4.78 is 0. The van der Waals surface area contributed by atoms with E-state index < -0.39 is 0 Å². The van der Waals surface area contributed by atoms with E-state index >= 15 is 0 Å². The van der Waals surface area contributed by atoms with Crippen molar-refractivity contribution in [1.29, 1.82) is 0 Å². The third-order valence-corrected chi connectivity index (χ3v) is 3.60. The second-order valence-electron chi connectivity index (χ2n) is 5.02. The molecule has 12 heavy (non-hydrogen) atoms. The van der Waals surface area contributed by atoms with E-state index in [-0.39, 0.29) is 0 Å². The fourth-order valence-electron chi connectivity index (χ4n) is 2.71. The molecule has 1 fully saturated rings. The van der Waals surface area contributed by atoms with Crippen LogP contribution in [-0.2, 0) is 0 Å². The first kappa shape index (κ1) is 10.1. The molecule has 3 atom stereocenters. The molecule has 0 heterocycles. The second kappa shape index (κ2) is 4.30. The Labute approximate surface area is 77.7 Å². The first-order chi connectivity index (χ1) is 5.65. The van der Waals surface area contributed by atoms with Gasteiger partial charge in [-0.3, -0.25) is 0 Å². The van der Waals surface area contributed by atoms with Gasteiger partial charge in [0, 0.05) is 0 Å². The highest BCUT2D eigenvalue weighted by Crippen LogP contribution is 2.44. The number of rotatable bonds is 4. The standard InChI is InChI=1S/C12H24/c1-5-12-10(4)8-11(12)7-6-9(2)3/h9-12H,5-8H2,1-4H3. The highest BCUT2D eigenvalue weighted by atomic mass is 14.4. The molecule has 1 aliphatic rings. The van der Waals surface area contributed by atoms with Crippen LogP contribution in [0.15, 0.2) is 0 Å². The molecule has 0 nitrogen and oxygen atoms in total. The van der Waals surface area contributed by atoms with Crippen LogP contribution in [-0.4, -0.2) is 0 Å². The second-order valence-corrected chi connectivity index (χ2v) is 5.02. The normalized spacial score (nSPS) is 35.2. The van der Waals surface area contributed by atoms with E-state index in [1.807, 2.05) is 0 Å². The molecule has 0 radical (unpaired) electrons. The molecule has 3 unspecified atom stereocenters. The molecule has 0 heteroatoms.